The van der Waals surface area contributed by atoms with E-state index in [1.807, 2.05) is 0 Å². The fraction of sp³-hybridized carbons (Fsp3) is 0.111. The molecule has 3 aromatic rings. The molecule has 0 aliphatic carbocycles. The first-order valence-electron chi connectivity index (χ1n) is 8.05. The summed E-state index contributed by atoms with van der Waals surface area (Å²) in [4.78, 5) is 23.0. The van der Waals surface area contributed by atoms with Gasteiger partial charge in [0.15, 0.2) is 11.5 Å². The van der Waals surface area contributed by atoms with Crippen molar-refractivity contribution in [1.29, 1.82) is 0 Å². The van der Waals surface area contributed by atoms with Gasteiger partial charge in [0.25, 0.3) is 11.6 Å². The number of benzene rings is 2. The van der Waals surface area contributed by atoms with Gasteiger partial charge in [0, 0.05) is 32.3 Å². The lowest BCUT2D eigenvalue weighted by atomic mass is 10.2. The zero-order valence-electron chi connectivity index (χ0n) is 14.5. The molecule has 3 rings (SSSR count). The number of nitro benzene ring substituents is 1. The Hall–Kier alpha value is -2.98. The number of amides is 1. The molecule has 1 amide bonds. The largest absolute Gasteiger partial charge is 0.504 e. The Morgan fingerprint density at radius 3 is 2.89 bits per heavy atom. The number of halogens is 1. The summed E-state index contributed by atoms with van der Waals surface area (Å²) in [5, 5.41) is 25.5. The summed E-state index contributed by atoms with van der Waals surface area (Å²) in [7, 11) is 0. The van der Waals surface area contributed by atoms with Gasteiger partial charge in [-0.1, -0.05) is 15.9 Å². The molecule has 0 unspecified atom stereocenters. The van der Waals surface area contributed by atoms with E-state index in [0.717, 1.165) is 4.70 Å². The van der Waals surface area contributed by atoms with E-state index in [1.165, 1.54) is 29.7 Å². The predicted molar refractivity (Wildman–Crippen MR) is 111 cm³/mol. The molecule has 2 aromatic carbocycles. The first kappa shape index (κ1) is 19.8. The molecule has 2 N–H and O–H groups in total. The first-order valence-corrected chi connectivity index (χ1v) is 9.66. The lowest BCUT2D eigenvalue weighted by molar-refractivity contribution is -0.384. The van der Waals surface area contributed by atoms with Gasteiger partial charge < -0.3 is 9.84 Å². The van der Waals surface area contributed by atoms with Gasteiger partial charge in [-0.15, -0.1) is 11.3 Å². The zero-order chi connectivity index (χ0) is 20.3. The molecule has 0 saturated carbocycles. The molecular weight excluding hydrogens is 450 g/mol. The monoisotopic (exact) mass is 463 g/mol. The maximum atomic E-state index is 12.3. The number of rotatable bonds is 6. The van der Waals surface area contributed by atoms with Crippen LogP contribution in [0.2, 0.25) is 0 Å². The van der Waals surface area contributed by atoms with Crippen LogP contribution in [0.1, 0.15) is 22.2 Å². The molecule has 1 heterocycles. The lowest BCUT2D eigenvalue weighted by Gasteiger charge is -2.08. The highest BCUT2D eigenvalue weighted by molar-refractivity contribution is 9.10. The number of hydrogen-bond acceptors (Lipinski definition) is 7. The molecule has 0 saturated heterocycles. The van der Waals surface area contributed by atoms with E-state index < -0.39 is 10.8 Å². The van der Waals surface area contributed by atoms with E-state index in [9.17, 15) is 20.0 Å². The number of thiophene rings is 1. The average Bonchev–Trinajstić information content (AvgIpc) is 3.08. The summed E-state index contributed by atoms with van der Waals surface area (Å²) in [5.74, 6) is -0.243. The Kier molecular flexibility index (Phi) is 5.90. The van der Waals surface area contributed by atoms with E-state index in [0.29, 0.717) is 32.7 Å². The van der Waals surface area contributed by atoms with Crippen molar-refractivity contribution in [2.45, 2.75) is 6.92 Å². The van der Waals surface area contributed by atoms with Crippen LogP contribution in [0, 0.1) is 10.1 Å². The van der Waals surface area contributed by atoms with Crippen LogP contribution >= 0.6 is 27.3 Å². The maximum absolute atomic E-state index is 12.3. The normalized spacial score (nSPS) is 11.1. The van der Waals surface area contributed by atoms with Gasteiger partial charge in [0.1, 0.15) is 0 Å². The Labute approximate surface area is 171 Å². The molecule has 0 atom stereocenters. The second-order valence-corrected chi connectivity index (χ2v) is 7.56. The number of hydrazone groups is 1. The number of phenolic OH excluding ortho intramolecular Hbond substituents is 1. The van der Waals surface area contributed by atoms with Gasteiger partial charge in [0.2, 0.25) is 0 Å². The minimum absolute atomic E-state index is 0.0366. The number of carbonyl (C=O) groups excluding carboxylic acids is 1. The predicted octanol–water partition coefficient (Wildman–Crippen LogP) is 4.44. The molecule has 0 aliphatic heterocycles. The fourth-order valence-corrected chi connectivity index (χ4v) is 3.82. The molecule has 0 bridgehead atoms. The minimum atomic E-state index is -0.484. The molecule has 144 valence electrons. The molecule has 0 radical (unpaired) electrons. The highest BCUT2D eigenvalue weighted by atomic mass is 79.9. The number of aromatic hydroxyl groups is 1. The Morgan fingerprint density at radius 1 is 1.39 bits per heavy atom. The van der Waals surface area contributed by atoms with Crippen molar-refractivity contribution >= 4 is 55.2 Å². The van der Waals surface area contributed by atoms with Gasteiger partial charge in [-0.3, -0.25) is 14.9 Å². The van der Waals surface area contributed by atoms with Crippen molar-refractivity contribution in [2.75, 3.05) is 6.61 Å². The third-order valence-electron chi connectivity index (χ3n) is 3.67. The smallest absolute Gasteiger partial charge is 0.281 e. The van der Waals surface area contributed by atoms with Crippen LogP contribution < -0.4 is 10.2 Å². The van der Waals surface area contributed by atoms with Crippen LogP contribution in [-0.4, -0.2) is 28.8 Å². The number of nitro groups is 1. The Balaban J connectivity index is 1.77. The van der Waals surface area contributed by atoms with Crippen LogP contribution in [0.25, 0.3) is 10.1 Å². The van der Waals surface area contributed by atoms with Gasteiger partial charge in [-0.25, -0.2) is 5.43 Å². The number of ether oxygens (including phenoxy) is 1. The molecule has 0 fully saturated rings. The maximum Gasteiger partial charge on any atom is 0.281 e. The third kappa shape index (κ3) is 4.29. The lowest BCUT2D eigenvalue weighted by Crippen LogP contribution is -2.16. The Bertz CT molecular complexity index is 1100. The van der Waals surface area contributed by atoms with E-state index in [-0.39, 0.29) is 11.4 Å². The highest BCUT2D eigenvalue weighted by Gasteiger charge is 2.13. The number of non-ortho nitro benzene ring substituents is 1. The van der Waals surface area contributed by atoms with E-state index in [2.05, 4.69) is 26.5 Å². The van der Waals surface area contributed by atoms with Crippen molar-refractivity contribution in [3.8, 4) is 11.5 Å². The van der Waals surface area contributed by atoms with Crippen molar-refractivity contribution in [3.05, 3.63) is 61.4 Å². The number of nitrogens with one attached hydrogen (secondary N) is 1. The summed E-state index contributed by atoms with van der Waals surface area (Å²) in [5.41, 5.74) is 2.71. The first-order chi connectivity index (χ1) is 13.4. The second kappa shape index (κ2) is 8.36. The number of nitrogens with zero attached hydrogens (tertiary/aromatic N) is 2. The standard InChI is InChI=1S/C18H14BrN3O5S/c1-2-27-14-8-12(19)5-11(17(14)23)9-20-21-18(24)16-7-10-6-13(22(25)26)3-4-15(10)28-16/h3-9,23H,2H2,1H3,(H,21,24). The van der Waals surface area contributed by atoms with Crippen LogP contribution in [0.4, 0.5) is 5.69 Å². The van der Waals surface area contributed by atoms with Crippen LogP contribution in [-0.2, 0) is 0 Å². The van der Waals surface area contributed by atoms with Gasteiger partial charge >= 0.3 is 0 Å². The van der Waals surface area contributed by atoms with Crippen LogP contribution in [0.3, 0.4) is 0 Å². The van der Waals surface area contributed by atoms with Gasteiger partial charge in [-0.2, -0.15) is 5.10 Å². The summed E-state index contributed by atoms with van der Waals surface area (Å²) in [6.45, 7) is 2.19. The van der Waals surface area contributed by atoms with Crippen LogP contribution in [0.5, 0.6) is 11.5 Å². The topological polar surface area (TPSA) is 114 Å². The summed E-state index contributed by atoms with van der Waals surface area (Å²) >= 11 is 4.53. The number of hydrogen-bond donors (Lipinski definition) is 2. The molecular formula is C18H14BrN3O5S. The molecule has 8 nitrogen and oxygen atoms in total. The molecule has 28 heavy (non-hydrogen) atoms. The number of phenols is 1. The zero-order valence-corrected chi connectivity index (χ0v) is 16.9. The number of fused-ring (bicyclic) bond motifs is 1. The molecule has 10 heteroatoms. The summed E-state index contributed by atoms with van der Waals surface area (Å²) < 4.78 is 6.78. The molecule has 0 spiro atoms. The SMILES string of the molecule is CCOc1cc(Br)cc(C=NNC(=O)c2cc3cc([N+](=O)[O-])ccc3s2)c1O. The van der Waals surface area contributed by atoms with Crippen LogP contribution in [0.15, 0.2) is 46.0 Å². The van der Waals surface area contributed by atoms with E-state index in [1.54, 1.807) is 31.2 Å². The van der Waals surface area contributed by atoms with E-state index in [4.69, 9.17) is 4.74 Å². The van der Waals surface area contributed by atoms with Crippen molar-refractivity contribution in [3.63, 3.8) is 0 Å². The Morgan fingerprint density at radius 2 is 2.18 bits per heavy atom. The van der Waals surface area contributed by atoms with Crippen molar-refractivity contribution < 1.29 is 19.6 Å². The minimum Gasteiger partial charge on any atom is -0.504 e. The van der Waals surface area contributed by atoms with Gasteiger partial charge in [-0.05, 0) is 31.2 Å². The third-order valence-corrected chi connectivity index (χ3v) is 5.25. The quantitative estimate of drug-likeness (QED) is 0.318. The van der Waals surface area contributed by atoms with Crippen molar-refractivity contribution in [1.82, 2.24) is 5.43 Å². The summed E-state index contributed by atoms with van der Waals surface area (Å²) in [6.07, 6.45) is 1.30. The summed E-state index contributed by atoms with van der Waals surface area (Å²) in [6, 6.07) is 9.25. The molecule has 1 aromatic heterocycles. The average molecular weight is 464 g/mol. The highest BCUT2D eigenvalue weighted by Crippen LogP contribution is 2.33. The van der Waals surface area contributed by atoms with E-state index >= 15 is 0 Å². The fourth-order valence-electron chi connectivity index (χ4n) is 2.43. The van der Waals surface area contributed by atoms with Crippen molar-refractivity contribution in [2.24, 2.45) is 5.10 Å². The second-order valence-electron chi connectivity index (χ2n) is 5.56. The molecule has 0 aliphatic rings. The number of carbonyl (C=O) groups is 1. The van der Waals surface area contributed by atoms with Gasteiger partial charge in [0.05, 0.1) is 22.6 Å².